The summed E-state index contributed by atoms with van der Waals surface area (Å²) in [5, 5.41) is 4.42. The molecule has 0 bridgehead atoms. The summed E-state index contributed by atoms with van der Waals surface area (Å²) in [7, 11) is 5.17. The third kappa shape index (κ3) is 4.56. The summed E-state index contributed by atoms with van der Waals surface area (Å²) < 4.78 is 29.8. The molecular weight excluding hydrogens is 509 g/mol. The van der Waals surface area contributed by atoms with Gasteiger partial charge in [-0.15, -0.1) is 0 Å². The zero-order valence-electron chi connectivity index (χ0n) is 23.6. The van der Waals surface area contributed by atoms with Crippen LogP contribution in [0.25, 0.3) is 22.3 Å². The van der Waals surface area contributed by atoms with Crippen LogP contribution < -0.4 is 9.64 Å². The maximum atomic E-state index is 14.8. The van der Waals surface area contributed by atoms with Gasteiger partial charge in [-0.3, -0.25) is 9.48 Å². The van der Waals surface area contributed by atoms with E-state index in [2.05, 4.69) is 34.8 Å². The Morgan fingerprint density at radius 2 is 1.82 bits per heavy atom. The molecule has 40 heavy (non-hydrogen) atoms. The van der Waals surface area contributed by atoms with E-state index in [1.807, 2.05) is 17.9 Å². The molecule has 1 saturated heterocycles. The Hall–Kier alpha value is -3.72. The molecule has 0 unspecified atom stereocenters. The number of piperidine rings is 1. The zero-order chi connectivity index (χ0) is 28.0. The van der Waals surface area contributed by atoms with Crippen LogP contribution in [-0.4, -0.2) is 45.6 Å². The molecule has 9 heteroatoms. The Morgan fingerprint density at radius 3 is 2.50 bits per heavy atom. The summed E-state index contributed by atoms with van der Waals surface area (Å²) in [5.74, 6) is 0.511. The Balaban J connectivity index is 1.49. The number of halogens is 1. The van der Waals surface area contributed by atoms with Crippen molar-refractivity contribution >= 4 is 22.6 Å². The Morgan fingerprint density at radius 1 is 1.02 bits per heavy atom. The smallest absolute Gasteiger partial charge is 0.227 e. The van der Waals surface area contributed by atoms with Crippen LogP contribution in [-0.2, 0) is 16.6 Å². The first kappa shape index (κ1) is 26.5. The van der Waals surface area contributed by atoms with E-state index in [1.54, 1.807) is 24.1 Å². The van der Waals surface area contributed by atoms with Crippen molar-refractivity contribution in [3.8, 4) is 17.0 Å². The first-order valence-corrected chi connectivity index (χ1v) is 14.1. The molecule has 210 valence electrons. The van der Waals surface area contributed by atoms with Crippen molar-refractivity contribution < 1.29 is 18.7 Å². The highest BCUT2D eigenvalue weighted by Crippen LogP contribution is 2.42. The van der Waals surface area contributed by atoms with Crippen molar-refractivity contribution in [2.75, 3.05) is 19.1 Å². The predicted molar refractivity (Wildman–Crippen MR) is 152 cm³/mol. The number of ether oxygens (including phenoxy) is 2. The molecule has 2 aromatic heterocycles. The van der Waals surface area contributed by atoms with Crippen molar-refractivity contribution in [2.45, 2.75) is 70.1 Å². The van der Waals surface area contributed by atoms with Gasteiger partial charge < -0.3 is 18.9 Å². The van der Waals surface area contributed by atoms with E-state index >= 15 is 0 Å². The summed E-state index contributed by atoms with van der Waals surface area (Å²) in [6.45, 7) is 2.06. The second-order valence-electron chi connectivity index (χ2n) is 11.0. The summed E-state index contributed by atoms with van der Waals surface area (Å²) in [5.41, 5.74) is 5.69. The average Bonchev–Trinajstić information content (AvgIpc) is 3.51. The van der Waals surface area contributed by atoms with Crippen LogP contribution in [0.1, 0.15) is 68.4 Å². The molecule has 1 aliphatic heterocycles. The van der Waals surface area contributed by atoms with Crippen LogP contribution >= 0.6 is 0 Å². The van der Waals surface area contributed by atoms with E-state index in [0.717, 1.165) is 72.2 Å². The number of carbonyl (C=O) groups is 1. The number of methoxy groups -OCH3 is 2. The fourth-order valence-electron chi connectivity index (χ4n) is 6.63. The van der Waals surface area contributed by atoms with Gasteiger partial charge in [-0.2, -0.15) is 5.10 Å². The minimum absolute atomic E-state index is 0.0197. The second-order valence-corrected chi connectivity index (χ2v) is 11.0. The predicted octanol–water partition coefficient (Wildman–Crippen LogP) is 6.28. The normalized spacial score (nSPS) is 21.8. The molecule has 0 radical (unpaired) electrons. The van der Waals surface area contributed by atoms with E-state index in [4.69, 9.17) is 14.5 Å². The van der Waals surface area contributed by atoms with Gasteiger partial charge in [-0.05, 0) is 75.3 Å². The molecule has 6 rings (SSSR count). The average molecular weight is 546 g/mol. The van der Waals surface area contributed by atoms with Crippen LogP contribution in [0, 0.1) is 12.7 Å². The van der Waals surface area contributed by atoms with Crippen LogP contribution in [0.4, 0.5) is 10.1 Å². The number of rotatable bonds is 6. The van der Waals surface area contributed by atoms with Gasteiger partial charge in [-0.25, -0.2) is 9.37 Å². The highest BCUT2D eigenvalue weighted by atomic mass is 19.1. The molecule has 8 nitrogen and oxygen atoms in total. The van der Waals surface area contributed by atoms with Crippen LogP contribution in [0.2, 0.25) is 0 Å². The van der Waals surface area contributed by atoms with Gasteiger partial charge in [0.1, 0.15) is 5.82 Å². The third-order valence-electron chi connectivity index (χ3n) is 8.61. The summed E-state index contributed by atoms with van der Waals surface area (Å²) in [4.78, 5) is 20.4. The van der Waals surface area contributed by atoms with E-state index in [9.17, 15) is 9.18 Å². The van der Waals surface area contributed by atoms with Crippen LogP contribution in [0.5, 0.6) is 5.75 Å². The molecule has 2 aliphatic rings. The molecule has 1 saturated carbocycles. The van der Waals surface area contributed by atoms with E-state index in [-0.39, 0.29) is 29.8 Å². The second kappa shape index (κ2) is 10.7. The molecule has 0 N–H and O–H groups in total. The number of hydrogen-bond donors (Lipinski definition) is 0. The molecular formula is C31H36FN5O3. The number of amides is 1. The third-order valence-corrected chi connectivity index (χ3v) is 8.61. The molecule has 1 aliphatic carbocycles. The highest BCUT2D eigenvalue weighted by Gasteiger charge is 2.36. The Labute approximate surface area is 233 Å². The lowest BCUT2D eigenvalue weighted by molar-refractivity contribution is -0.120. The highest BCUT2D eigenvalue weighted by molar-refractivity contribution is 5.95. The van der Waals surface area contributed by atoms with Crippen LogP contribution in [0.3, 0.4) is 0 Å². The first-order chi connectivity index (χ1) is 19.4. The molecule has 0 spiro atoms. The van der Waals surface area contributed by atoms with Gasteiger partial charge >= 0.3 is 0 Å². The molecule has 4 aromatic rings. The van der Waals surface area contributed by atoms with Gasteiger partial charge in [0, 0.05) is 43.9 Å². The Bertz CT molecular complexity index is 1530. The number of nitrogens with zero attached hydrogens (tertiary/aromatic N) is 5. The van der Waals surface area contributed by atoms with Gasteiger partial charge in [0.15, 0.2) is 11.6 Å². The van der Waals surface area contributed by atoms with Gasteiger partial charge in [-0.1, -0.05) is 6.07 Å². The maximum Gasteiger partial charge on any atom is 0.227 e. The van der Waals surface area contributed by atoms with E-state index in [0.29, 0.717) is 12.1 Å². The fourth-order valence-corrected chi connectivity index (χ4v) is 6.63. The van der Waals surface area contributed by atoms with Crippen molar-refractivity contribution in [1.82, 2.24) is 19.3 Å². The van der Waals surface area contributed by atoms with Crippen molar-refractivity contribution in [2.24, 2.45) is 7.05 Å². The van der Waals surface area contributed by atoms with E-state index < -0.39 is 5.82 Å². The summed E-state index contributed by atoms with van der Waals surface area (Å²) in [6.07, 6.45) is 7.97. The quantitative estimate of drug-likeness (QED) is 0.285. The Kier molecular flexibility index (Phi) is 7.08. The number of aromatic nitrogens is 4. The monoisotopic (exact) mass is 545 g/mol. The summed E-state index contributed by atoms with van der Waals surface area (Å²) in [6, 6.07) is 11.1. The van der Waals surface area contributed by atoms with Crippen LogP contribution in [0.15, 0.2) is 42.6 Å². The lowest BCUT2D eigenvalue weighted by Crippen LogP contribution is -2.40. The lowest BCUT2D eigenvalue weighted by Gasteiger charge is -2.37. The first-order valence-electron chi connectivity index (χ1n) is 14.1. The maximum absolute atomic E-state index is 14.8. The molecule has 2 aromatic carbocycles. The molecule has 3 heterocycles. The fraction of sp³-hybridized carbons (Fsp3) is 0.452. The van der Waals surface area contributed by atoms with Crippen molar-refractivity contribution in [1.29, 1.82) is 0 Å². The topological polar surface area (TPSA) is 74.4 Å². The standard InChI is InChI=1S/C31H36FN5O3/c1-19-18-33-35(2)30(19)20-8-14-26-25(16-20)34-31(37(26)21-9-12-23(39-3)13-10-21)27-6-5-7-29(38)36(27)22-11-15-28(40-4)24(32)17-22/h8,11,14-18,21,23,27H,5-7,9-10,12-13H2,1-4H3/t21-,23-,27-/m0/s1. The van der Waals surface area contributed by atoms with Gasteiger partial charge in [0.2, 0.25) is 5.91 Å². The van der Waals surface area contributed by atoms with E-state index in [1.165, 1.54) is 13.2 Å². The molecule has 2 fully saturated rings. The number of benzene rings is 2. The number of imidazole rings is 1. The number of anilines is 1. The zero-order valence-corrected chi connectivity index (χ0v) is 23.6. The lowest BCUT2D eigenvalue weighted by atomic mass is 9.91. The van der Waals surface area contributed by atoms with Crippen molar-refractivity contribution in [3.05, 3.63) is 59.8 Å². The largest absolute Gasteiger partial charge is 0.494 e. The van der Waals surface area contributed by atoms with Gasteiger partial charge in [0.05, 0.1) is 42.2 Å². The number of carbonyl (C=O) groups excluding carboxylic acids is 1. The summed E-state index contributed by atoms with van der Waals surface area (Å²) >= 11 is 0. The molecule has 1 amide bonds. The SMILES string of the molecule is COc1ccc(N2C(=O)CCC[C@H]2c2nc3cc(-c4c(C)cnn4C)ccc3n2[C@H]2CC[C@H](OC)CC2)cc1F. The number of fused-ring (bicyclic) bond motifs is 1. The minimum Gasteiger partial charge on any atom is -0.494 e. The van der Waals surface area contributed by atoms with Crippen molar-refractivity contribution in [3.63, 3.8) is 0 Å². The minimum atomic E-state index is -0.486. The molecule has 1 atom stereocenters. The number of hydrogen-bond acceptors (Lipinski definition) is 5. The van der Waals surface area contributed by atoms with Gasteiger partial charge in [0.25, 0.3) is 0 Å². The number of aryl methyl sites for hydroxylation is 2.